The molecule has 0 saturated heterocycles. The van der Waals surface area contributed by atoms with E-state index in [2.05, 4.69) is 5.32 Å². The standard InChI is InChI=1S/C24H24N2O4/c1-3-26(2)24(28)18-8-7-11-22(16-18)29-17-23(27)25-19-12-14-21(15-13-19)30-20-9-5-4-6-10-20/h4-16H,3,17H2,1-2H3,(H,25,27). The van der Waals surface area contributed by atoms with E-state index in [0.29, 0.717) is 29.3 Å². The van der Waals surface area contributed by atoms with Crippen molar-refractivity contribution < 1.29 is 19.1 Å². The molecule has 3 rings (SSSR count). The predicted octanol–water partition coefficient (Wildman–Crippen LogP) is 4.59. The third-order valence-electron chi connectivity index (χ3n) is 4.39. The zero-order valence-corrected chi connectivity index (χ0v) is 17.0. The number of nitrogens with one attached hydrogen (secondary N) is 1. The number of carbonyl (C=O) groups excluding carboxylic acids is 2. The fourth-order valence-electron chi connectivity index (χ4n) is 2.66. The van der Waals surface area contributed by atoms with Crippen molar-refractivity contribution >= 4 is 17.5 Å². The molecule has 30 heavy (non-hydrogen) atoms. The Kier molecular flexibility index (Phi) is 7.05. The van der Waals surface area contributed by atoms with Crippen molar-refractivity contribution in [2.45, 2.75) is 6.92 Å². The van der Waals surface area contributed by atoms with Gasteiger partial charge in [0.25, 0.3) is 11.8 Å². The van der Waals surface area contributed by atoms with Gasteiger partial charge in [0.2, 0.25) is 0 Å². The molecule has 0 heterocycles. The van der Waals surface area contributed by atoms with E-state index in [0.717, 1.165) is 5.75 Å². The maximum atomic E-state index is 12.2. The van der Waals surface area contributed by atoms with Gasteiger partial charge in [-0.15, -0.1) is 0 Å². The van der Waals surface area contributed by atoms with Crippen LogP contribution in [-0.4, -0.2) is 36.9 Å². The molecular formula is C24H24N2O4. The topological polar surface area (TPSA) is 67.9 Å². The lowest BCUT2D eigenvalue weighted by Gasteiger charge is -2.15. The number of carbonyl (C=O) groups is 2. The number of ether oxygens (including phenoxy) is 2. The lowest BCUT2D eigenvalue weighted by molar-refractivity contribution is -0.118. The highest BCUT2D eigenvalue weighted by atomic mass is 16.5. The van der Waals surface area contributed by atoms with Crippen LogP contribution in [0.15, 0.2) is 78.9 Å². The van der Waals surface area contributed by atoms with Gasteiger partial charge >= 0.3 is 0 Å². The Hall–Kier alpha value is -3.80. The smallest absolute Gasteiger partial charge is 0.262 e. The highest BCUT2D eigenvalue weighted by molar-refractivity contribution is 5.94. The molecule has 2 amide bonds. The number of para-hydroxylation sites is 1. The van der Waals surface area contributed by atoms with E-state index in [1.54, 1.807) is 60.5 Å². The van der Waals surface area contributed by atoms with Gasteiger partial charge in [-0.05, 0) is 61.5 Å². The van der Waals surface area contributed by atoms with Crippen LogP contribution in [0, 0.1) is 0 Å². The normalized spacial score (nSPS) is 10.2. The minimum absolute atomic E-state index is 0.0924. The van der Waals surface area contributed by atoms with E-state index in [9.17, 15) is 9.59 Å². The lowest BCUT2D eigenvalue weighted by atomic mass is 10.2. The van der Waals surface area contributed by atoms with Crippen molar-refractivity contribution in [3.05, 3.63) is 84.4 Å². The molecule has 3 aromatic rings. The van der Waals surface area contributed by atoms with Gasteiger partial charge in [0.05, 0.1) is 0 Å². The molecule has 0 fully saturated rings. The zero-order chi connectivity index (χ0) is 21.3. The molecule has 1 N–H and O–H groups in total. The van der Waals surface area contributed by atoms with Crippen LogP contribution in [0.3, 0.4) is 0 Å². The van der Waals surface area contributed by atoms with Crippen LogP contribution in [0.5, 0.6) is 17.2 Å². The van der Waals surface area contributed by atoms with Crippen LogP contribution in [0.2, 0.25) is 0 Å². The molecule has 154 valence electrons. The van der Waals surface area contributed by atoms with Crippen molar-refractivity contribution in [2.75, 3.05) is 25.5 Å². The summed E-state index contributed by atoms with van der Waals surface area (Å²) >= 11 is 0. The van der Waals surface area contributed by atoms with E-state index in [1.807, 2.05) is 37.3 Å². The number of benzene rings is 3. The lowest BCUT2D eigenvalue weighted by Crippen LogP contribution is -2.26. The number of nitrogens with zero attached hydrogens (tertiary/aromatic N) is 1. The van der Waals surface area contributed by atoms with E-state index in [4.69, 9.17) is 9.47 Å². The summed E-state index contributed by atoms with van der Waals surface area (Å²) in [7, 11) is 1.74. The summed E-state index contributed by atoms with van der Waals surface area (Å²) in [6.07, 6.45) is 0. The largest absolute Gasteiger partial charge is 0.484 e. The quantitative estimate of drug-likeness (QED) is 0.596. The Morgan fingerprint density at radius 1 is 0.867 bits per heavy atom. The number of hydrogen-bond acceptors (Lipinski definition) is 4. The second-order valence-corrected chi connectivity index (χ2v) is 6.62. The molecule has 3 aromatic carbocycles. The van der Waals surface area contributed by atoms with Crippen LogP contribution in [0.1, 0.15) is 17.3 Å². The summed E-state index contributed by atoms with van der Waals surface area (Å²) in [4.78, 5) is 26.0. The van der Waals surface area contributed by atoms with Crippen molar-refractivity contribution in [3.63, 3.8) is 0 Å². The van der Waals surface area contributed by atoms with Crippen LogP contribution >= 0.6 is 0 Å². The van der Waals surface area contributed by atoms with Crippen LogP contribution in [-0.2, 0) is 4.79 Å². The summed E-state index contributed by atoms with van der Waals surface area (Å²) in [5.74, 6) is 1.49. The molecule has 0 atom stereocenters. The van der Waals surface area contributed by atoms with Crippen LogP contribution in [0.4, 0.5) is 5.69 Å². The molecule has 0 unspecified atom stereocenters. The molecule has 6 heteroatoms. The predicted molar refractivity (Wildman–Crippen MR) is 116 cm³/mol. The second-order valence-electron chi connectivity index (χ2n) is 6.62. The maximum absolute atomic E-state index is 12.2. The van der Waals surface area contributed by atoms with Gasteiger partial charge in [-0.25, -0.2) is 0 Å². The van der Waals surface area contributed by atoms with Gasteiger partial charge in [-0.1, -0.05) is 24.3 Å². The number of anilines is 1. The number of rotatable bonds is 8. The molecule has 0 bridgehead atoms. The van der Waals surface area contributed by atoms with Gasteiger partial charge in [-0.3, -0.25) is 9.59 Å². The van der Waals surface area contributed by atoms with Crippen molar-refractivity contribution in [1.82, 2.24) is 4.90 Å². The van der Waals surface area contributed by atoms with Crippen molar-refractivity contribution in [3.8, 4) is 17.2 Å². The first-order valence-corrected chi connectivity index (χ1v) is 9.66. The van der Waals surface area contributed by atoms with E-state index in [1.165, 1.54) is 0 Å². The van der Waals surface area contributed by atoms with Gasteiger partial charge in [0.15, 0.2) is 6.61 Å². The van der Waals surface area contributed by atoms with E-state index in [-0.39, 0.29) is 18.4 Å². The molecule has 0 aliphatic carbocycles. The van der Waals surface area contributed by atoms with Crippen molar-refractivity contribution in [2.24, 2.45) is 0 Å². The fourth-order valence-corrected chi connectivity index (χ4v) is 2.66. The Balaban J connectivity index is 1.52. The average Bonchev–Trinajstić information content (AvgIpc) is 2.79. The zero-order valence-electron chi connectivity index (χ0n) is 17.0. The fraction of sp³-hybridized carbons (Fsp3) is 0.167. The highest BCUT2D eigenvalue weighted by Crippen LogP contribution is 2.22. The molecular weight excluding hydrogens is 380 g/mol. The van der Waals surface area contributed by atoms with Gasteiger partial charge in [0, 0.05) is 24.8 Å². The first kappa shape index (κ1) is 20.9. The van der Waals surface area contributed by atoms with Crippen LogP contribution < -0.4 is 14.8 Å². The molecule has 0 spiro atoms. The molecule has 0 aliphatic rings. The van der Waals surface area contributed by atoms with Crippen molar-refractivity contribution in [1.29, 1.82) is 0 Å². The first-order valence-electron chi connectivity index (χ1n) is 9.66. The monoisotopic (exact) mass is 404 g/mol. The Morgan fingerprint density at radius 2 is 1.53 bits per heavy atom. The molecule has 0 radical (unpaired) electrons. The molecule has 0 aliphatic heterocycles. The van der Waals surface area contributed by atoms with Gasteiger partial charge in [0.1, 0.15) is 17.2 Å². The number of hydrogen-bond donors (Lipinski definition) is 1. The second kappa shape index (κ2) is 10.1. The minimum Gasteiger partial charge on any atom is -0.484 e. The Labute approximate surface area is 176 Å². The van der Waals surface area contributed by atoms with Crippen LogP contribution in [0.25, 0.3) is 0 Å². The SMILES string of the molecule is CCN(C)C(=O)c1cccc(OCC(=O)Nc2ccc(Oc3ccccc3)cc2)c1. The summed E-state index contributed by atoms with van der Waals surface area (Å²) in [6.45, 7) is 2.36. The summed E-state index contributed by atoms with van der Waals surface area (Å²) in [6, 6.07) is 23.4. The third kappa shape index (κ3) is 5.85. The average molecular weight is 404 g/mol. The summed E-state index contributed by atoms with van der Waals surface area (Å²) in [5.41, 5.74) is 1.16. The highest BCUT2D eigenvalue weighted by Gasteiger charge is 2.11. The molecule has 6 nitrogen and oxygen atoms in total. The van der Waals surface area contributed by atoms with Gasteiger partial charge in [-0.2, -0.15) is 0 Å². The number of amides is 2. The minimum atomic E-state index is -0.297. The van der Waals surface area contributed by atoms with Gasteiger partial charge < -0.3 is 19.7 Å². The third-order valence-corrected chi connectivity index (χ3v) is 4.39. The Morgan fingerprint density at radius 3 is 2.23 bits per heavy atom. The maximum Gasteiger partial charge on any atom is 0.262 e. The summed E-state index contributed by atoms with van der Waals surface area (Å²) < 4.78 is 11.3. The molecule has 0 aromatic heterocycles. The first-order chi connectivity index (χ1) is 14.5. The molecule has 0 saturated carbocycles. The van der Waals surface area contributed by atoms with E-state index < -0.39 is 0 Å². The summed E-state index contributed by atoms with van der Waals surface area (Å²) in [5, 5.41) is 2.77. The Bertz CT molecular complexity index is 988. The van der Waals surface area contributed by atoms with E-state index >= 15 is 0 Å².